The van der Waals surface area contributed by atoms with E-state index in [2.05, 4.69) is 44.2 Å². The molecular weight excluding hydrogens is 821 g/mol. The van der Waals surface area contributed by atoms with Gasteiger partial charge in [0.2, 0.25) is 5.91 Å². The van der Waals surface area contributed by atoms with E-state index in [0.717, 1.165) is 4.91 Å². The summed E-state index contributed by atoms with van der Waals surface area (Å²) in [6.07, 6.45) is -0.364. The number of β-lactam (4-membered cyclic amide) rings is 1. The fourth-order valence-corrected chi connectivity index (χ4v) is 10.6. The predicted octanol–water partition coefficient (Wildman–Crippen LogP) is 6.20. The van der Waals surface area contributed by atoms with Gasteiger partial charge in [0, 0.05) is 58.8 Å². The number of thiazole rings is 1. The molecule has 4 atom stereocenters. The normalized spacial score (nSPS) is 19.7. The summed E-state index contributed by atoms with van der Waals surface area (Å²) in [6.45, 7) is 15.2. The summed E-state index contributed by atoms with van der Waals surface area (Å²) < 4.78 is 17.6. The highest BCUT2D eigenvalue weighted by molar-refractivity contribution is 8.03. The van der Waals surface area contributed by atoms with Gasteiger partial charge < -0.3 is 29.0 Å². The van der Waals surface area contributed by atoms with Gasteiger partial charge in [0.15, 0.2) is 13.4 Å². The maximum Gasteiger partial charge on any atom is 0.356 e. The Morgan fingerprint density at radius 2 is 1.54 bits per heavy atom. The molecule has 0 spiro atoms. The maximum atomic E-state index is 13.9. The summed E-state index contributed by atoms with van der Waals surface area (Å²) in [5, 5.41) is 26.6. The number of rotatable bonds is 16. The van der Waals surface area contributed by atoms with E-state index in [-0.39, 0.29) is 70.2 Å². The second-order valence-electron chi connectivity index (χ2n) is 16.2. The number of esters is 2. The molecule has 1 aromatic heterocycles. The molecule has 0 saturated carbocycles. The Morgan fingerprint density at radius 3 is 2.08 bits per heavy atom. The first kappa shape index (κ1) is 43.4. The molecule has 0 aliphatic carbocycles. The van der Waals surface area contributed by atoms with E-state index < -0.39 is 48.5 Å². The van der Waals surface area contributed by atoms with Gasteiger partial charge in [0.1, 0.15) is 31.1 Å². The molecule has 3 aliphatic heterocycles. The highest BCUT2D eigenvalue weighted by atomic mass is 32.2. The second-order valence-corrected chi connectivity index (χ2v) is 23.2. The van der Waals surface area contributed by atoms with Crippen molar-refractivity contribution in [1.82, 2.24) is 15.2 Å². The molecule has 2 aromatic carbocycles. The van der Waals surface area contributed by atoms with Crippen molar-refractivity contribution in [1.29, 1.82) is 0 Å². The number of nitrogens with zero attached hydrogens (tertiary/aromatic N) is 5. The van der Waals surface area contributed by atoms with Gasteiger partial charge in [-0.05, 0) is 60.4 Å². The number of carbonyl (C=O) groups excluding carboxylic acids is 4. The SMILES string of the molecule is C[C@@H](O[Si](C)(C)C(C)(C)C)[C@H]1C(=O)N2C(C(=O)OCc3ccc([N+](=O)[O-])cc3)=C(SC3CN(c4nc(C(=O)NCC(=O)OCc5ccc([N+](=O)[O-])cc5)cs4)C3)[C@H](C)[C@H]12. The molecule has 2 amide bonds. The van der Waals surface area contributed by atoms with Crippen LogP contribution in [0.4, 0.5) is 16.5 Å². The fraction of sp³-hybridized carbons (Fsp3) is 0.462. The van der Waals surface area contributed by atoms with Crippen molar-refractivity contribution in [2.75, 3.05) is 24.5 Å². The molecule has 6 rings (SSSR count). The number of carbonyl (C=O) groups is 4. The summed E-state index contributed by atoms with van der Waals surface area (Å²) in [6, 6.07) is 11.0. The van der Waals surface area contributed by atoms with Crippen LogP contribution in [-0.2, 0) is 41.5 Å². The Bertz CT molecular complexity index is 2170. The molecule has 3 aromatic rings. The zero-order valence-electron chi connectivity index (χ0n) is 33.7. The fourth-order valence-electron chi connectivity index (χ4n) is 6.84. The van der Waals surface area contributed by atoms with Gasteiger partial charge in [-0.3, -0.25) is 34.6 Å². The van der Waals surface area contributed by atoms with Crippen LogP contribution in [0.3, 0.4) is 0 Å². The number of benzene rings is 2. The second kappa shape index (κ2) is 17.2. The number of anilines is 1. The molecule has 59 heavy (non-hydrogen) atoms. The Kier molecular flexibility index (Phi) is 12.6. The quantitative estimate of drug-likeness (QED) is 0.0559. The van der Waals surface area contributed by atoms with E-state index in [0.29, 0.717) is 29.3 Å². The van der Waals surface area contributed by atoms with E-state index >= 15 is 0 Å². The van der Waals surface area contributed by atoms with E-state index in [1.807, 2.05) is 18.7 Å². The van der Waals surface area contributed by atoms with Gasteiger partial charge in [-0.2, -0.15) is 0 Å². The first-order valence-electron chi connectivity index (χ1n) is 19.0. The van der Waals surface area contributed by atoms with Gasteiger partial charge >= 0.3 is 11.9 Å². The predicted molar refractivity (Wildman–Crippen MR) is 222 cm³/mol. The molecular formula is C39H46N6O11S2Si. The van der Waals surface area contributed by atoms with Crippen molar-refractivity contribution in [2.24, 2.45) is 11.8 Å². The molecule has 20 heteroatoms. The van der Waals surface area contributed by atoms with Gasteiger partial charge in [0.25, 0.3) is 17.3 Å². The Labute approximate surface area is 349 Å². The maximum absolute atomic E-state index is 13.9. The number of nitrogens with one attached hydrogen (secondary N) is 1. The van der Waals surface area contributed by atoms with Crippen LogP contribution in [0.1, 0.15) is 56.2 Å². The summed E-state index contributed by atoms with van der Waals surface area (Å²) in [4.78, 5) is 82.5. The molecule has 3 aliphatic rings. The molecule has 2 fully saturated rings. The molecule has 4 heterocycles. The zero-order valence-corrected chi connectivity index (χ0v) is 36.3. The van der Waals surface area contributed by atoms with Crippen molar-refractivity contribution in [3.8, 4) is 0 Å². The van der Waals surface area contributed by atoms with Crippen LogP contribution < -0.4 is 10.2 Å². The molecule has 0 radical (unpaired) electrons. The minimum Gasteiger partial charge on any atom is -0.460 e. The number of aromatic nitrogens is 1. The van der Waals surface area contributed by atoms with Crippen molar-refractivity contribution in [3.05, 3.63) is 102 Å². The number of amides is 2. The van der Waals surface area contributed by atoms with Crippen molar-refractivity contribution >= 4 is 71.7 Å². The lowest BCUT2D eigenvalue weighted by molar-refractivity contribution is -0.385. The van der Waals surface area contributed by atoms with Crippen LogP contribution in [0.25, 0.3) is 0 Å². The van der Waals surface area contributed by atoms with E-state index in [4.69, 9.17) is 13.9 Å². The van der Waals surface area contributed by atoms with Crippen molar-refractivity contribution < 1.29 is 42.9 Å². The first-order chi connectivity index (χ1) is 27.7. The summed E-state index contributed by atoms with van der Waals surface area (Å²) in [5.74, 6) is -2.69. The number of ether oxygens (including phenoxy) is 2. The average molecular weight is 867 g/mol. The third-order valence-corrected chi connectivity index (χ3v) is 18.1. The van der Waals surface area contributed by atoms with Crippen molar-refractivity contribution in [3.63, 3.8) is 0 Å². The van der Waals surface area contributed by atoms with Gasteiger partial charge in [-0.1, -0.05) is 27.7 Å². The Morgan fingerprint density at radius 1 is 0.983 bits per heavy atom. The first-order valence-corrected chi connectivity index (χ1v) is 23.6. The number of nitro groups is 2. The number of thioether (sulfide) groups is 1. The lowest BCUT2D eigenvalue weighted by Gasteiger charge is -2.50. The number of hydrogen-bond acceptors (Lipinski definition) is 15. The van der Waals surface area contributed by atoms with Gasteiger partial charge in [-0.25, -0.2) is 9.78 Å². The minimum atomic E-state index is -2.22. The number of fused-ring (bicyclic) bond motifs is 1. The largest absolute Gasteiger partial charge is 0.460 e. The Hall–Kier alpha value is -5.18. The summed E-state index contributed by atoms with van der Waals surface area (Å²) >= 11 is 2.80. The number of non-ortho nitro benzene ring substituents is 2. The average Bonchev–Trinajstić information content (AvgIpc) is 3.74. The highest BCUT2D eigenvalue weighted by Crippen LogP contribution is 2.53. The monoisotopic (exact) mass is 866 g/mol. The van der Waals surface area contributed by atoms with Crippen LogP contribution in [0, 0.1) is 32.1 Å². The third kappa shape index (κ3) is 9.34. The standard InChI is InChI=1S/C39H46N6O11S2Si/c1-22-32-31(23(2)56-59(6,7)39(3,4)5)36(48)43(32)33(37(49)55-20-25-10-14-27(15-11-25)45(52)53)34(22)58-28-17-42(18-28)38-41-29(21-57-38)35(47)40-16-30(46)54-19-24-8-12-26(13-9-24)44(50)51/h8-15,21-23,28,31-32H,16-20H2,1-7H3,(H,40,47)/t22-,23-,31-,32-/m1/s1. The van der Waals surface area contributed by atoms with Crippen LogP contribution >= 0.6 is 23.1 Å². The summed E-state index contributed by atoms with van der Waals surface area (Å²) in [7, 11) is -2.22. The van der Waals surface area contributed by atoms with E-state index in [9.17, 15) is 39.4 Å². The van der Waals surface area contributed by atoms with Crippen LogP contribution in [0.5, 0.6) is 0 Å². The minimum absolute atomic E-state index is 0.0322. The summed E-state index contributed by atoms with van der Waals surface area (Å²) in [5.41, 5.74) is 1.32. The third-order valence-electron chi connectivity index (χ3n) is 11.2. The van der Waals surface area contributed by atoms with Gasteiger partial charge in [-0.15, -0.1) is 23.1 Å². The van der Waals surface area contributed by atoms with Gasteiger partial charge in [0.05, 0.1) is 27.9 Å². The van der Waals surface area contributed by atoms with Crippen LogP contribution in [0.15, 0.2) is 64.5 Å². The molecule has 314 valence electrons. The lowest BCUT2D eigenvalue weighted by atomic mass is 9.79. The molecule has 2 saturated heterocycles. The molecule has 1 N–H and O–H groups in total. The van der Waals surface area contributed by atoms with E-state index in [1.165, 1.54) is 71.6 Å². The molecule has 0 bridgehead atoms. The molecule has 17 nitrogen and oxygen atoms in total. The van der Waals surface area contributed by atoms with Crippen LogP contribution in [-0.4, -0.2) is 88.8 Å². The highest BCUT2D eigenvalue weighted by Gasteiger charge is 2.61. The zero-order chi connectivity index (χ0) is 43.0. The molecule has 0 unspecified atom stereocenters. The smallest absolute Gasteiger partial charge is 0.356 e. The van der Waals surface area contributed by atoms with Crippen LogP contribution in [0.2, 0.25) is 18.1 Å². The number of nitro benzene ring substituents is 2. The lowest BCUT2D eigenvalue weighted by Crippen LogP contribution is -2.65. The van der Waals surface area contributed by atoms with E-state index in [1.54, 1.807) is 10.3 Å². The van der Waals surface area contributed by atoms with Crippen molar-refractivity contribution in [2.45, 2.75) is 83.4 Å². The number of hydrogen-bond donors (Lipinski definition) is 1. The Balaban J connectivity index is 1.07. The topological polar surface area (TPSA) is 214 Å².